The molecular formula is C14H26N4. The molecule has 0 atom stereocenters. The van der Waals surface area contributed by atoms with Gasteiger partial charge in [-0.15, -0.1) is 0 Å². The predicted octanol–water partition coefficient (Wildman–Crippen LogP) is 1.77. The predicted molar refractivity (Wildman–Crippen MR) is 74.4 cm³/mol. The molecule has 1 aromatic rings. The Labute approximate surface area is 110 Å². The number of likely N-dealkylation sites (N-methyl/N-ethyl adjacent to an activating group) is 1. The first-order valence-electron chi connectivity index (χ1n) is 6.98. The van der Waals surface area contributed by atoms with E-state index in [1.807, 2.05) is 19.4 Å². The molecule has 0 bridgehead atoms. The number of rotatable bonds is 5. The Morgan fingerprint density at radius 1 is 1.33 bits per heavy atom. The quantitative estimate of drug-likeness (QED) is 0.864. The summed E-state index contributed by atoms with van der Waals surface area (Å²) in [5, 5.41) is 3.60. The van der Waals surface area contributed by atoms with Crippen molar-refractivity contribution < 1.29 is 0 Å². The van der Waals surface area contributed by atoms with Crippen LogP contribution in [0.25, 0.3) is 0 Å². The van der Waals surface area contributed by atoms with E-state index in [0.29, 0.717) is 5.54 Å². The lowest BCUT2D eigenvalue weighted by Gasteiger charge is -2.43. The van der Waals surface area contributed by atoms with Crippen LogP contribution >= 0.6 is 0 Å². The van der Waals surface area contributed by atoms with Crippen molar-refractivity contribution >= 4 is 0 Å². The van der Waals surface area contributed by atoms with Crippen molar-refractivity contribution in [2.45, 2.75) is 44.2 Å². The second kappa shape index (κ2) is 5.85. The van der Waals surface area contributed by atoms with Crippen molar-refractivity contribution in [1.82, 2.24) is 19.8 Å². The zero-order chi connectivity index (χ0) is 13.0. The number of aromatic nitrogens is 2. The van der Waals surface area contributed by atoms with Crippen LogP contribution in [0.15, 0.2) is 12.4 Å². The first-order valence-corrected chi connectivity index (χ1v) is 6.98. The highest BCUT2D eigenvalue weighted by Gasteiger charge is 2.33. The lowest BCUT2D eigenvalue weighted by atomic mass is 9.80. The summed E-state index contributed by atoms with van der Waals surface area (Å²) < 4.78 is 2.08. The third kappa shape index (κ3) is 2.93. The monoisotopic (exact) mass is 250 g/mol. The van der Waals surface area contributed by atoms with Crippen LogP contribution < -0.4 is 5.32 Å². The highest BCUT2D eigenvalue weighted by molar-refractivity contribution is 4.95. The van der Waals surface area contributed by atoms with Crippen LogP contribution in [0.3, 0.4) is 0 Å². The van der Waals surface area contributed by atoms with Gasteiger partial charge < -0.3 is 14.8 Å². The van der Waals surface area contributed by atoms with Crippen molar-refractivity contribution in [2.24, 2.45) is 7.05 Å². The summed E-state index contributed by atoms with van der Waals surface area (Å²) in [5.41, 5.74) is 0.351. The van der Waals surface area contributed by atoms with Crippen LogP contribution in [0.1, 0.15) is 37.9 Å². The van der Waals surface area contributed by atoms with E-state index in [1.54, 1.807) is 0 Å². The molecule has 1 fully saturated rings. The molecule has 1 aliphatic carbocycles. The molecule has 102 valence electrons. The van der Waals surface area contributed by atoms with Gasteiger partial charge in [0, 0.05) is 31.5 Å². The van der Waals surface area contributed by atoms with E-state index in [-0.39, 0.29) is 0 Å². The van der Waals surface area contributed by atoms with Crippen molar-refractivity contribution in [1.29, 1.82) is 0 Å². The van der Waals surface area contributed by atoms with Gasteiger partial charge in [-0.3, -0.25) is 0 Å². The lowest BCUT2D eigenvalue weighted by molar-refractivity contribution is 0.0981. The Morgan fingerprint density at radius 2 is 2.06 bits per heavy atom. The Balaban J connectivity index is 1.88. The molecule has 2 rings (SSSR count). The molecule has 0 amide bonds. The summed E-state index contributed by atoms with van der Waals surface area (Å²) in [6, 6.07) is 0. The third-order valence-electron chi connectivity index (χ3n) is 4.39. The van der Waals surface area contributed by atoms with Crippen molar-refractivity contribution in [2.75, 3.05) is 20.6 Å². The van der Waals surface area contributed by atoms with E-state index >= 15 is 0 Å². The van der Waals surface area contributed by atoms with Crippen molar-refractivity contribution in [3.05, 3.63) is 18.2 Å². The number of nitrogens with one attached hydrogen (secondary N) is 1. The van der Waals surface area contributed by atoms with Crippen LogP contribution in [0, 0.1) is 0 Å². The molecule has 4 heteroatoms. The molecule has 1 aliphatic rings. The highest BCUT2D eigenvalue weighted by Crippen LogP contribution is 2.31. The van der Waals surface area contributed by atoms with E-state index in [0.717, 1.165) is 18.9 Å². The molecule has 0 aliphatic heterocycles. The van der Waals surface area contributed by atoms with Gasteiger partial charge in [-0.05, 0) is 26.9 Å². The zero-order valence-corrected chi connectivity index (χ0v) is 11.9. The van der Waals surface area contributed by atoms with Gasteiger partial charge in [-0.1, -0.05) is 19.3 Å². The fourth-order valence-electron chi connectivity index (χ4n) is 2.97. The normalized spacial score (nSPS) is 19.3. The number of hydrogen-bond acceptors (Lipinski definition) is 3. The van der Waals surface area contributed by atoms with Crippen molar-refractivity contribution in [3.8, 4) is 0 Å². The van der Waals surface area contributed by atoms with E-state index in [9.17, 15) is 0 Å². The second-order valence-corrected chi connectivity index (χ2v) is 5.74. The minimum atomic E-state index is 0.351. The number of hydrogen-bond donors (Lipinski definition) is 1. The molecule has 18 heavy (non-hydrogen) atoms. The third-order valence-corrected chi connectivity index (χ3v) is 4.39. The van der Waals surface area contributed by atoms with Crippen LogP contribution in [-0.4, -0.2) is 40.6 Å². The topological polar surface area (TPSA) is 33.1 Å². The smallest absolute Gasteiger partial charge is 0.122 e. The summed E-state index contributed by atoms with van der Waals surface area (Å²) in [7, 11) is 6.48. The minimum absolute atomic E-state index is 0.351. The molecule has 1 heterocycles. The number of aryl methyl sites for hydroxylation is 1. The van der Waals surface area contributed by atoms with E-state index in [1.165, 1.54) is 32.1 Å². The van der Waals surface area contributed by atoms with Crippen molar-refractivity contribution in [3.63, 3.8) is 0 Å². The average Bonchev–Trinajstić information content (AvgIpc) is 2.76. The fraction of sp³-hybridized carbons (Fsp3) is 0.786. The summed E-state index contributed by atoms with van der Waals surface area (Å²) >= 11 is 0. The van der Waals surface area contributed by atoms with E-state index < -0.39 is 0 Å². The van der Waals surface area contributed by atoms with Crippen LogP contribution in [0.2, 0.25) is 0 Å². The minimum Gasteiger partial charge on any atom is -0.337 e. The molecular weight excluding hydrogens is 224 g/mol. The van der Waals surface area contributed by atoms with Gasteiger partial charge in [0.25, 0.3) is 0 Å². The van der Waals surface area contributed by atoms with E-state index in [4.69, 9.17) is 0 Å². The Hall–Kier alpha value is -0.870. The number of nitrogens with zero attached hydrogens (tertiary/aromatic N) is 3. The first-order chi connectivity index (χ1) is 8.64. The summed E-state index contributed by atoms with van der Waals surface area (Å²) in [4.78, 5) is 6.77. The van der Waals surface area contributed by atoms with Crippen LogP contribution in [-0.2, 0) is 13.6 Å². The SMILES string of the molecule is CN(C)C1(CNCc2nccn2C)CCCCC1. The Bertz CT molecular complexity index is 364. The maximum absolute atomic E-state index is 4.35. The number of imidazole rings is 1. The summed E-state index contributed by atoms with van der Waals surface area (Å²) in [5.74, 6) is 1.11. The lowest BCUT2D eigenvalue weighted by Crippen LogP contribution is -2.52. The largest absolute Gasteiger partial charge is 0.337 e. The van der Waals surface area contributed by atoms with Gasteiger partial charge in [-0.25, -0.2) is 4.98 Å². The van der Waals surface area contributed by atoms with Gasteiger partial charge in [0.1, 0.15) is 5.82 Å². The fourth-order valence-corrected chi connectivity index (χ4v) is 2.97. The standard InChI is InChI=1S/C14H26N4/c1-17(2)14(7-5-4-6-8-14)12-15-11-13-16-9-10-18(13)3/h9-10,15H,4-8,11-12H2,1-3H3. The molecule has 0 saturated heterocycles. The Morgan fingerprint density at radius 3 is 2.61 bits per heavy atom. The summed E-state index contributed by atoms with van der Waals surface area (Å²) in [6.07, 6.45) is 10.6. The van der Waals surface area contributed by atoms with Gasteiger partial charge in [0.2, 0.25) is 0 Å². The molecule has 1 saturated carbocycles. The van der Waals surface area contributed by atoms with E-state index in [2.05, 4.69) is 33.9 Å². The highest BCUT2D eigenvalue weighted by atomic mass is 15.2. The molecule has 0 spiro atoms. The van der Waals surface area contributed by atoms with Crippen LogP contribution in [0.4, 0.5) is 0 Å². The maximum atomic E-state index is 4.35. The van der Waals surface area contributed by atoms with Gasteiger partial charge in [-0.2, -0.15) is 0 Å². The van der Waals surface area contributed by atoms with Crippen LogP contribution in [0.5, 0.6) is 0 Å². The first kappa shape index (κ1) is 13.6. The Kier molecular flexibility index (Phi) is 4.40. The average molecular weight is 250 g/mol. The van der Waals surface area contributed by atoms with Gasteiger partial charge in [0.15, 0.2) is 0 Å². The summed E-state index contributed by atoms with van der Waals surface area (Å²) in [6.45, 7) is 1.92. The molecule has 4 nitrogen and oxygen atoms in total. The molecule has 0 unspecified atom stereocenters. The molecule has 0 aromatic carbocycles. The molecule has 1 aromatic heterocycles. The second-order valence-electron chi connectivity index (χ2n) is 5.74. The molecule has 0 radical (unpaired) electrons. The molecule has 1 N–H and O–H groups in total. The van der Waals surface area contributed by atoms with Gasteiger partial charge >= 0.3 is 0 Å². The van der Waals surface area contributed by atoms with Gasteiger partial charge in [0.05, 0.1) is 6.54 Å². The zero-order valence-electron chi connectivity index (χ0n) is 11.9. The maximum Gasteiger partial charge on any atom is 0.122 e.